The van der Waals surface area contributed by atoms with E-state index < -0.39 is 5.82 Å². The number of imidazole rings is 1. The average molecular weight is 416 g/mol. The van der Waals surface area contributed by atoms with Crippen molar-refractivity contribution in [3.8, 4) is 0 Å². The number of hydrogen-bond acceptors (Lipinski definition) is 3. The van der Waals surface area contributed by atoms with Gasteiger partial charge >= 0.3 is 0 Å². The second-order valence-corrected chi connectivity index (χ2v) is 7.21. The quantitative estimate of drug-likeness (QED) is 0.498. The molecule has 0 bridgehead atoms. The van der Waals surface area contributed by atoms with Gasteiger partial charge in [0.1, 0.15) is 18.2 Å². The zero-order chi connectivity index (χ0) is 21.8. The molecule has 0 atom stereocenters. The van der Waals surface area contributed by atoms with Crippen molar-refractivity contribution in [2.24, 2.45) is 0 Å². The molecule has 0 aliphatic carbocycles. The normalized spacial score (nSPS) is 10.8. The van der Waals surface area contributed by atoms with Crippen molar-refractivity contribution in [2.75, 3.05) is 5.32 Å². The minimum Gasteiger partial charge on any atom is -0.345 e. The SMILES string of the molecule is Cc1ccc(C(=O)NCc2nc3ccccc3n2CC(=O)Nc2cccc(F)c2)cc1. The van der Waals surface area contributed by atoms with Gasteiger partial charge in [-0.15, -0.1) is 0 Å². The van der Waals surface area contributed by atoms with Gasteiger partial charge in [0, 0.05) is 11.3 Å². The lowest BCUT2D eigenvalue weighted by molar-refractivity contribution is -0.116. The average Bonchev–Trinajstić information content (AvgIpc) is 3.10. The lowest BCUT2D eigenvalue weighted by atomic mass is 10.1. The van der Waals surface area contributed by atoms with Crippen molar-refractivity contribution in [3.05, 3.63) is 95.6 Å². The molecule has 4 rings (SSSR count). The lowest BCUT2D eigenvalue weighted by Gasteiger charge is -2.11. The van der Waals surface area contributed by atoms with Crippen LogP contribution in [-0.4, -0.2) is 21.4 Å². The maximum absolute atomic E-state index is 13.4. The third-order valence-electron chi connectivity index (χ3n) is 4.86. The Morgan fingerprint density at radius 3 is 2.55 bits per heavy atom. The Morgan fingerprint density at radius 1 is 1.00 bits per heavy atom. The Bertz CT molecular complexity index is 1250. The number of benzene rings is 3. The van der Waals surface area contributed by atoms with Crippen LogP contribution in [0.25, 0.3) is 11.0 Å². The van der Waals surface area contributed by atoms with E-state index in [9.17, 15) is 14.0 Å². The highest BCUT2D eigenvalue weighted by molar-refractivity contribution is 5.94. The van der Waals surface area contributed by atoms with E-state index in [0.717, 1.165) is 16.6 Å². The van der Waals surface area contributed by atoms with Gasteiger partial charge in [-0.1, -0.05) is 35.9 Å². The summed E-state index contributed by atoms with van der Waals surface area (Å²) >= 11 is 0. The first kappa shape index (κ1) is 20.3. The minimum absolute atomic E-state index is 0.0211. The summed E-state index contributed by atoms with van der Waals surface area (Å²) in [6.07, 6.45) is 0. The van der Waals surface area contributed by atoms with Crippen LogP contribution in [0.4, 0.5) is 10.1 Å². The summed E-state index contributed by atoms with van der Waals surface area (Å²) < 4.78 is 15.1. The van der Waals surface area contributed by atoms with Crippen LogP contribution in [0, 0.1) is 12.7 Å². The van der Waals surface area contributed by atoms with Crippen molar-refractivity contribution in [1.29, 1.82) is 0 Å². The Balaban J connectivity index is 1.53. The molecule has 0 unspecified atom stereocenters. The van der Waals surface area contributed by atoms with Crippen molar-refractivity contribution in [2.45, 2.75) is 20.0 Å². The molecule has 2 N–H and O–H groups in total. The predicted octanol–water partition coefficient (Wildman–Crippen LogP) is 4.05. The molecule has 0 aliphatic heterocycles. The van der Waals surface area contributed by atoms with Gasteiger partial charge in [-0.2, -0.15) is 0 Å². The molecule has 0 saturated heterocycles. The molecule has 0 aliphatic rings. The molecule has 156 valence electrons. The van der Waals surface area contributed by atoms with Crippen LogP contribution in [-0.2, 0) is 17.9 Å². The molecule has 31 heavy (non-hydrogen) atoms. The fourth-order valence-electron chi connectivity index (χ4n) is 3.31. The Hall–Kier alpha value is -4.00. The molecular formula is C24H21FN4O2. The van der Waals surface area contributed by atoms with E-state index in [4.69, 9.17) is 0 Å². The van der Waals surface area contributed by atoms with E-state index in [2.05, 4.69) is 15.6 Å². The Kier molecular flexibility index (Phi) is 5.75. The Labute approximate surface area is 178 Å². The molecule has 0 spiro atoms. The first-order valence-corrected chi connectivity index (χ1v) is 9.84. The van der Waals surface area contributed by atoms with Gasteiger partial charge in [0.25, 0.3) is 5.91 Å². The largest absolute Gasteiger partial charge is 0.345 e. The molecular weight excluding hydrogens is 395 g/mol. The lowest BCUT2D eigenvalue weighted by Crippen LogP contribution is -2.26. The van der Waals surface area contributed by atoms with Gasteiger partial charge in [-0.25, -0.2) is 9.37 Å². The number of nitrogens with zero attached hydrogens (tertiary/aromatic N) is 2. The fourth-order valence-corrected chi connectivity index (χ4v) is 3.31. The van der Waals surface area contributed by atoms with Crippen LogP contribution >= 0.6 is 0 Å². The van der Waals surface area contributed by atoms with Gasteiger partial charge in [0.05, 0.1) is 17.6 Å². The number of hydrogen-bond donors (Lipinski definition) is 2. The number of anilines is 1. The van der Waals surface area contributed by atoms with Crippen LogP contribution in [0.3, 0.4) is 0 Å². The molecule has 0 fully saturated rings. The van der Waals surface area contributed by atoms with Crippen LogP contribution in [0.5, 0.6) is 0 Å². The highest BCUT2D eigenvalue weighted by atomic mass is 19.1. The maximum atomic E-state index is 13.4. The van der Waals surface area contributed by atoms with E-state index in [1.54, 1.807) is 22.8 Å². The maximum Gasteiger partial charge on any atom is 0.251 e. The number of rotatable bonds is 6. The number of para-hydroxylation sites is 2. The third kappa shape index (κ3) is 4.78. The molecule has 0 radical (unpaired) electrons. The molecule has 1 heterocycles. The summed E-state index contributed by atoms with van der Waals surface area (Å²) in [4.78, 5) is 29.7. The Morgan fingerprint density at radius 2 is 1.77 bits per heavy atom. The summed E-state index contributed by atoms with van der Waals surface area (Å²) in [7, 11) is 0. The van der Waals surface area contributed by atoms with E-state index in [1.165, 1.54) is 18.2 Å². The minimum atomic E-state index is -0.426. The number of aromatic nitrogens is 2. The number of nitrogens with one attached hydrogen (secondary N) is 2. The first-order chi connectivity index (χ1) is 15.0. The van der Waals surface area contributed by atoms with Gasteiger partial charge < -0.3 is 15.2 Å². The van der Waals surface area contributed by atoms with Gasteiger partial charge in [0.2, 0.25) is 5.91 Å². The second-order valence-electron chi connectivity index (χ2n) is 7.21. The molecule has 7 heteroatoms. The molecule has 1 aromatic heterocycles. The number of amides is 2. The van der Waals surface area contributed by atoms with Gasteiger partial charge in [0.15, 0.2) is 0 Å². The van der Waals surface area contributed by atoms with Crippen molar-refractivity contribution in [3.63, 3.8) is 0 Å². The fraction of sp³-hybridized carbons (Fsp3) is 0.125. The summed E-state index contributed by atoms with van der Waals surface area (Å²) in [5, 5.41) is 5.56. The number of aryl methyl sites for hydroxylation is 1. The standard InChI is InChI=1S/C24H21FN4O2/c1-16-9-11-17(12-10-16)24(31)26-14-22-28-20-7-2-3-8-21(20)29(22)15-23(30)27-19-6-4-5-18(25)13-19/h2-13H,14-15H2,1H3,(H,26,31)(H,27,30). The van der Waals surface area contributed by atoms with Gasteiger partial charge in [-0.05, 0) is 49.4 Å². The molecule has 2 amide bonds. The third-order valence-corrected chi connectivity index (χ3v) is 4.86. The summed E-state index contributed by atoms with van der Waals surface area (Å²) in [5.74, 6) is -0.413. The highest BCUT2D eigenvalue weighted by Gasteiger charge is 2.15. The molecule has 4 aromatic rings. The van der Waals surface area contributed by atoms with Crippen molar-refractivity contribution in [1.82, 2.24) is 14.9 Å². The topological polar surface area (TPSA) is 76.0 Å². The zero-order valence-electron chi connectivity index (χ0n) is 16.9. The second kappa shape index (κ2) is 8.79. The number of halogens is 1. The van der Waals surface area contributed by atoms with E-state index in [1.807, 2.05) is 43.3 Å². The van der Waals surface area contributed by atoms with E-state index >= 15 is 0 Å². The molecule has 3 aromatic carbocycles. The monoisotopic (exact) mass is 416 g/mol. The van der Waals surface area contributed by atoms with Crippen molar-refractivity contribution >= 4 is 28.5 Å². The zero-order valence-corrected chi connectivity index (χ0v) is 16.9. The molecule has 6 nitrogen and oxygen atoms in total. The van der Waals surface area contributed by atoms with Gasteiger partial charge in [-0.3, -0.25) is 9.59 Å². The summed E-state index contributed by atoms with van der Waals surface area (Å²) in [6.45, 7) is 2.10. The van der Waals surface area contributed by atoms with E-state index in [-0.39, 0.29) is 24.9 Å². The summed E-state index contributed by atoms with van der Waals surface area (Å²) in [5.41, 5.74) is 3.50. The molecule has 0 saturated carbocycles. The smallest absolute Gasteiger partial charge is 0.251 e. The van der Waals surface area contributed by atoms with Crippen molar-refractivity contribution < 1.29 is 14.0 Å². The first-order valence-electron chi connectivity index (χ1n) is 9.84. The highest BCUT2D eigenvalue weighted by Crippen LogP contribution is 2.17. The van der Waals surface area contributed by atoms with Crippen LogP contribution in [0.2, 0.25) is 0 Å². The van der Waals surface area contributed by atoms with E-state index in [0.29, 0.717) is 17.1 Å². The van der Waals surface area contributed by atoms with Crippen LogP contribution < -0.4 is 10.6 Å². The summed E-state index contributed by atoms with van der Waals surface area (Å²) in [6, 6.07) is 20.4. The van der Waals surface area contributed by atoms with Crippen LogP contribution in [0.15, 0.2) is 72.8 Å². The number of fused-ring (bicyclic) bond motifs is 1. The predicted molar refractivity (Wildman–Crippen MR) is 117 cm³/mol. The van der Waals surface area contributed by atoms with Crippen LogP contribution in [0.1, 0.15) is 21.7 Å². The number of carbonyl (C=O) groups is 2. The number of carbonyl (C=O) groups excluding carboxylic acids is 2.